The van der Waals surface area contributed by atoms with Crippen molar-refractivity contribution in [3.8, 4) is 5.75 Å². The van der Waals surface area contributed by atoms with Gasteiger partial charge in [-0.1, -0.05) is 45.2 Å². The van der Waals surface area contributed by atoms with Gasteiger partial charge in [-0.3, -0.25) is 14.4 Å². The summed E-state index contributed by atoms with van der Waals surface area (Å²) in [6, 6.07) is 8.23. The summed E-state index contributed by atoms with van der Waals surface area (Å²) in [6.45, 7) is 5.23. The molecule has 3 fully saturated rings. The minimum Gasteiger partial charge on any atom is -0.491 e. The predicted molar refractivity (Wildman–Crippen MR) is 151 cm³/mol. The molecule has 2 amide bonds. The van der Waals surface area contributed by atoms with Crippen LogP contribution in [0.5, 0.6) is 5.75 Å². The summed E-state index contributed by atoms with van der Waals surface area (Å²) >= 11 is 0. The summed E-state index contributed by atoms with van der Waals surface area (Å²) in [5.41, 5.74) is -1.33. The van der Waals surface area contributed by atoms with Gasteiger partial charge in [0, 0.05) is 18.4 Å². The zero-order valence-corrected chi connectivity index (χ0v) is 24.5. The average molecular weight is 584 g/mol. The molecule has 1 heterocycles. The van der Waals surface area contributed by atoms with Gasteiger partial charge in [0.05, 0.1) is 28.9 Å². The number of carbonyl (C=O) groups is 3. The van der Waals surface area contributed by atoms with Crippen LogP contribution in [0.25, 0.3) is 10.8 Å². The first-order chi connectivity index (χ1) is 19.5. The van der Waals surface area contributed by atoms with Crippen LogP contribution >= 0.6 is 0 Å². The monoisotopic (exact) mass is 583 g/mol. The lowest BCUT2D eigenvalue weighted by molar-refractivity contribution is -0.128. The lowest BCUT2D eigenvalue weighted by Crippen LogP contribution is -2.46. The number of fused-ring (bicyclic) bond motifs is 2. The zero-order valence-electron chi connectivity index (χ0n) is 23.6. The summed E-state index contributed by atoms with van der Waals surface area (Å²) < 4.78 is 43.6. The van der Waals surface area contributed by atoms with Crippen LogP contribution in [0.15, 0.2) is 30.3 Å². The molecule has 4 aliphatic rings. The molecule has 0 aromatic heterocycles. The zero-order chi connectivity index (χ0) is 29.0. The highest BCUT2D eigenvalue weighted by Gasteiger charge is 2.65. The molecule has 2 atom stereocenters. The number of Topliss-reactive ketones (excluding diaryl/α,β-unsaturated/α-hetero) is 1. The van der Waals surface area contributed by atoms with E-state index in [1.54, 1.807) is 18.2 Å². The number of hydroxylamine groups is 2. The van der Waals surface area contributed by atoms with Crippen LogP contribution in [-0.2, 0) is 23.9 Å². The van der Waals surface area contributed by atoms with Crippen molar-refractivity contribution in [2.24, 2.45) is 22.7 Å². The fourth-order valence-electron chi connectivity index (χ4n) is 7.58. The summed E-state index contributed by atoms with van der Waals surface area (Å²) in [5.74, 6) is -1.30. The molecular formula is C31H37NO8S. The normalized spacial score (nSPS) is 25.9. The number of hydrogen-bond donors (Lipinski definition) is 0. The van der Waals surface area contributed by atoms with Crippen molar-refractivity contribution >= 4 is 38.5 Å². The maximum atomic E-state index is 13.5. The highest BCUT2D eigenvalue weighted by atomic mass is 32.2. The molecule has 2 bridgehead atoms. The number of amides is 2. The van der Waals surface area contributed by atoms with E-state index in [0.29, 0.717) is 53.6 Å². The minimum atomic E-state index is -4.47. The first kappa shape index (κ1) is 28.3. The molecule has 3 aliphatic carbocycles. The van der Waals surface area contributed by atoms with E-state index in [1.807, 2.05) is 13.8 Å². The van der Waals surface area contributed by atoms with Gasteiger partial charge in [0.1, 0.15) is 18.1 Å². The van der Waals surface area contributed by atoms with E-state index < -0.39 is 38.5 Å². The van der Waals surface area contributed by atoms with E-state index >= 15 is 0 Å². The lowest BCUT2D eigenvalue weighted by Gasteiger charge is -2.36. The number of rotatable bonds is 10. The minimum absolute atomic E-state index is 0.0955. The van der Waals surface area contributed by atoms with E-state index in [9.17, 15) is 22.8 Å². The fraction of sp³-hybridized carbons (Fsp3) is 0.581. The molecule has 3 saturated carbocycles. The second kappa shape index (κ2) is 10.5. The van der Waals surface area contributed by atoms with Crippen LogP contribution in [0.4, 0.5) is 0 Å². The van der Waals surface area contributed by atoms with Gasteiger partial charge in [0.15, 0.2) is 0 Å². The maximum absolute atomic E-state index is 13.5. The SMILES string of the molecule is CC1(C)C2CCC1(CS(=O)(=O)ON1C(=O)c3cccc4cc(OCCOCC5CCCCC5)cc(c34)C1=O)C(=O)C2. The Morgan fingerprint density at radius 1 is 0.951 bits per heavy atom. The van der Waals surface area contributed by atoms with E-state index in [4.69, 9.17) is 13.8 Å². The first-order valence-electron chi connectivity index (χ1n) is 14.6. The van der Waals surface area contributed by atoms with Crippen LogP contribution < -0.4 is 4.74 Å². The molecule has 0 N–H and O–H groups in total. The molecule has 220 valence electrons. The van der Waals surface area contributed by atoms with Gasteiger partial charge >= 0.3 is 0 Å². The van der Waals surface area contributed by atoms with Gasteiger partial charge in [-0.2, -0.15) is 8.42 Å². The Kier molecular flexibility index (Phi) is 7.23. The largest absolute Gasteiger partial charge is 0.491 e. The number of nitrogens with zero attached hydrogens (tertiary/aromatic N) is 1. The van der Waals surface area contributed by atoms with E-state index in [2.05, 4.69) is 0 Å². The quantitative estimate of drug-likeness (QED) is 0.281. The number of ketones is 1. The average Bonchev–Trinajstić information content (AvgIpc) is 3.28. The van der Waals surface area contributed by atoms with Gasteiger partial charge < -0.3 is 9.47 Å². The third-order valence-corrected chi connectivity index (χ3v) is 11.3. The Labute approximate surface area is 240 Å². The summed E-state index contributed by atoms with van der Waals surface area (Å²) in [7, 11) is -4.47. The smallest absolute Gasteiger partial charge is 0.289 e. The van der Waals surface area contributed by atoms with Crippen molar-refractivity contribution in [2.75, 3.05) is 25.6 Å². The molecule has 10 heteroatoms. The topological polar surface area (TPSA) is 116 Å². The van der Waals surface area contributed by atoms with E-state index in [0.717, 1.165) is 6.42 Å². The van der Waals surface area contributed by atoms with Crippen molar-refractivity contribution in [3.63, 3.8) is 0 Å². The summed E-state index contributed by atoms with van der Waals surface area (Å²) in [5, 5.41) is 1.36. The number of benzene rings is 2. The number of carbonyl (C=O) groups excluding carboxylic acids is 3. The van der Waals surface area contributed by atoms with Gasteiger partial charge in [0.2, 0.25) is 0 Å². The lowest BCUT2D eigenvalue weighted by atomic mass is 9.70. The van der Waals surface area contributed by atoms with Crippen molar-refractivity contribution in [1.82, 2.24) is 5.06 Å². The van der Waals surface area contributed by atoms with Crippen LogP contribution in [0.3, 0.4) is 0 Å². The van der Waals surface area contributed by atoms with Crippen LogP contribution in [0, 0.1) is 22.7 Å². The highest BCUT2D eigenvalue weighted by molar-refractivity contribution is 7.86. The van der Waals surface area contributed by atoms with Crippen molar-refractivity contribution < 1.29 is 36.6 Å². The van der Waals surface area contributed by atoms with Crippen molar-refractivity contribution in [2.45, 2.75) is 65.2 Å². The second-order valence-electron chi connectivity index (χ2n) is 12.6. The Balaban J connectivity index is 1.19. The van der Waals surface area contributed by atoms with Crippen molar-refractivity contribution in [3.05, 3.63) is 41.5 Å². The standard InChI is InChI=1S/C31H37NO8S/c1-30(2)22-11-12-31(30,26(33)16-22)19-41(36,37)40-32-28(34)24-10-6-9-21-15-23(17-25(27(21)24)29(32)35)39-14-13-38-18-20-7-4-3-5-8-20/h6,9-10,15,17,20,22H,3-5,7-8,11-14,16,18-19H2,1-2H3. The molecule has 2 aromatic carbocycles. The fourth-order valence-corrected chi connectivity index (χ4v) is 9.28. The molecule has 1 aliphatic heterocycles. The first-order valence-corrected chi connectivity index (χ1v) is 16.2. The third-order valence-electron chi connectivity index (χ3n) is 10.1. The Morgan fingerprint density at radius 3 is 2.41 bits per heavy atom. The van der Waals surface area contributed by atoms with Gasteiger partial charge in [-0.05, 0) is 66.5 Å². The van der Waals surface area contributed by atoms with Crippen molar-refractivity contribution in [1.29, 1.82) is 0 Å². The van der Waals surface area contributed by atoms with Crippen LogP contribution in [-0.4, -0.2) is 56.7 Å². The van der Waals surface area contributed by atoms with Gasteiger partial charge in [-0.15, -0.1) is 9.35 Å². The second-order valence-corrected chi connectivity index (χ2v) is 14.2. The van der Waals surface area contributed by atoms with Gasteiger partial charge in [-0.25, -0.2) is 0 Å². The Morgan fingerprint density at radius 2 is 1.71 bits per heavy atom. The van der Waals surface area contributed by atoms with Crippen LogP contribution in [0.1, 0.15) is 85.9 Å². The molecule has 9 nitrogen and oxygen atoms in total. The molecule has 0 saturated heterocycles. The third kappa shape index (κ3) is 4.87. The maximum Gasteiger partial charge on any atom is 0.289 e. The predicted octanol–water partition coefficient (Wildman–Crippen LogP) is 5.07. The molecule has 2 unspecified atom stereocenters. The molecule has 0 spiro atoms. The van der Waals surface area contributed by atoms with E-state index in [1.165, 1.54) is 44.2 Å². The van der Waals surface area contributed by atoms with Gasteiger partial charge in [0.25, 0.3) is 21.9 Å². The molecule has 6 rings (SSSR count). The van der Waals surface area contributed by atoms with Crippen LogP contribution in [0.2, 0.25) is 0 Å². The summed E-state index contributed by atoms with van der Waals surface area (Å²) in [4.78, 5) is 39.8. The number of imide groups is 1. The molecular weight excluding hydrogens is 546 g/mol. The molecule has 41 heavy (non-hydrogen) atoms. The highest BCUT2D eigenvalue weighted by Crippen LogP contribution is 2.64. The number of ether oxygens (including phenoxy) is 2. The van der Waals surface area contributed by atoms with E-state index in [-0.39, 0.29) is 29.4 Å². The Hall–Kier alpha value is -2.82. The number of hydrogen-bond acceptors (Lipinski definition) is 8. The molecule has 2 aromatic rings. The molecule has 0 radical (unpaired) electrons. The summed E-state index contributed by atoms with van der Waals surface area (Å²) in [6.07, 6.45) is 7.74. The Bertz CT molecular complexity index is 1510.